The van der Waals surface area contributed by atoms with Gasteiger partial charge in [-0.3, -0.25) is 9.59 Å². The highest BCUT2D eigenvalue weighted by atomic mass is 35.5. The van der Waals surface area contributed by atoms with Crippen molar-refractivity contribution in [2.24, 2.45) is 0 Å². The van der Waals surface area contributed by atoms with E-state index in [1.54, 1.807) is 19.2 Å². The third kappa shape index (κ3) is 4.75. The quantitative estimate of drug-likeness (QED) is 0.281. The van der Waals surface area contributed by atoms with Gasteiger partial charge in [0.2, 0.25) is 0 Å². The predicted molar refractivity (Wildman–Crippen MR) is 119 cm³/mol. The van der Waals surface area contributed by atoms with Crippen LogP contribution in [0.15, 0.2) is 48.0 Å². The van der Waals surface area contributed by atoms with Gasteiger partial charge in [-0.15, -0.1) is 0 Å². The van der Waals surface area contributed by atoms with Crippen LogP contribution in [0, 0.1) is 6.92 Å². The molecule has 1 unspecified atom stereocenters. The molecule has 1 fully saturated rings. The van der Waals surface area contributed by atoms with Crippen molar-refractivity contribution in [3.8, 4) is 5.75 Å². The fourth-order valence-electron chi connectivity index (χ4n) is 3.66. The molecule has 2 aromatic rings. The zero-order valence-electron chi connectivity index (χ0n) is 17.9. The number of methoxy groups -OCH3 is 1. The van der Waals surface area contributed by atoms with Crippen LogP contribution >= 0.6 is 11.6 Å². The van der Waals surface area contributed by atoms with E-state index in [1.165, 1.54) is 11.0 Å². The fourth-order valence-corrected chi connectivity index (χ4v) is 3.90. The monoisotopic (exact) mass is 443 g/mol. The Kier molecular flexibility index (Phi) is 7.36. The first-order chi connectivity index (χ1) is 14.9. The molecule has 1 heterocycles. The van der Waals surface area contributed by atoms with E-state index < -0.39 is 17.7 Å². The predicted octanol–water partition coefficient (Wildman–Crippen LogP) is 4.51. The summed E-state index contributed by atoms with van der Waals surface area (Å²) in [6.07, 6.45) is 0.570. The maximum atomic E-state index is 13.0. The van der Waals surface area contributed by atoms with Crippen molar-refractivity contribution in [2.45, 2.75) is 26.3 Å². The molecule has 1 saturated heterocycles. The molecule has 31 heavy (non-hydrogen) atoms. The van der Waals surface area contributed by atoms with Crippen molar-refractivity contribution < 1.29 is 24.2 Å². The topological polar surface area (TPSA) is 76.1 Å². The molecule has 6 nitrogen and oxygen atoms in total. The number of benzene rings is 2. The van der Waals surface area contributed by atoms with E-state index in [-0.39, 0.29) is 11.3 Å². The Morgan fingerprint density at radius 3 is 2.48 bits per heavy atom. The van der Waals surface area contributed by atoms with Gasteiger partial charge in [-0.25, -0.2) is 0 Å². The Bertz CT molecular complexity index is 1000. The Morgan fingerprint density at radius 2 is 1.87 bits per heavy atom. The Labute approximate surface area is 187 Å². The molecule has 1 amide bonds. The molecule has 0 bridgehead atoms. The lowest BCUT2D eigenvalue weighted by Crippen LogP contribution is -2.31. The van der Waals surface area contributed by atoms with Crippen LogP contribution < -0.4 is 4.74 Å². The van der Waals surface area contributed by atoms with Crippen LogP contribution in [0.1, 0.15) is 36.1 Å². The molecule has 3 rings (SSSR count). The number of aryl methyl sites for hydroxylation is 1. The van der Waals surface area contributed by atoms with Crippen molar-refractivity contribution in [1.82, 2.24) is 4.90 Å². The standard InChI is InChI=1S/C24H26ClNO5/c1-4-31-19-11-10-17(14-18(19)25)22(27)20-21(16-8-6-15(2)7-9-16)26(12-5-13-30-3)24(29)23(20)28/h6-11,14,21,27H,4-5,12-13H2,1-3H3/b22-20-. The van der Waals surface area contributed by atoms with Gasteiger partial charge in [-0.1, -0.05) is 41.4 Å². The summed E-state index contributed by atoms with van der Waals surface area (Å²) in [4.78, 5) is 27.3. The minimum atomic E-state index is -0.717. The lowest BCUT2D eigenvalue weighted by molar-refractivity contribution is -0.140. The Morgan fingerprint density at radius 1 is 1.16 bits per heavy atom. The van der Waals surface area contributed by atoms with Gasteiger partial charge in [0.1, 0.15) is 11.5 Å². The molecular weight excluding hydrogens is 418 g/mol. The summed E-state index contributed by atoms with van der Waals surface area (Å²) < 4.78 is 10.5. The second kappa shape index (κ2) is 9.98. The highest BCUT2D eigenvalue weighted by Crippen LogP contribution is 2.40. The number of carbonyl (C=O) groups excluding carboxylic acids is 2. The number of carbonyl (C=O) groups is 2. The summed E-state index contributed by atoms with van der Waals surface area (Å²) in [6.45, 7) is 5.04. The molecule has 0 aliphatic carbocycles. The van der Waals surface area contributed by atoms with Crippen LogP contribution in [-0.2, 0) is 14.3 Å². The molecule has 1 aliphatic rings. The van der Waals surface area contributed by atoms with E-state index in [2.05, 4.69) is 0 Å². The first-order valence-corrected chi connectivity index (χ1v) is 10.5. The number of hydrogen-bond donors (Lipinski definition) is 1. The smallest absolute Gasteiger partial charge is 0.295 e. The minimum absolute atomic E-state index is 0.0477. The molecule has 0 aromatic heterocycles. The zero-order chi connectivity index (χ0) is 22.5. The van der Waals surface area contributed by atoms with E-state index >= 15 is 0 Å². The average molecular weight is 444 g/mol. The molecule has 0 radical (unpaired) electrons. The number of ketones is 1. The Balaban J connectivity index is 2.10. The van der Waals surface area contributed by atoms with Gasteiger partial charge in [0.05, 0.1) is 23.2 Å². The van der Waals surface area contributed by atoms with Gasteiger partial charge in [-0.05, 0) is 44.0 Å². The highest BCUT2D eigenvalue weighted by molar-refractivity contribution is 6.46. The average Bonchev–Trinajstić information content (AvgIpc) is 3.00. The normalized spacial score (nSPS) is 17.9. The number of amides is 1. The van der Waals surface area contributed by atoms with Gasteiger partial charge >= 0.3 is 0 Å². The van der Waals surface area contributed by atoms with Crippen LogP contribution in [0.2, 0.25) is 5.02 Å². The summed E-state index contributed by atoms with van der Waals surface area (Å²) in [5.74, 6) is -1.13. The molecule has 1 aliphatic heterocycles. The number of halogens is 1. The van der Waals surface area contributed by atoms with Crippen LogP contribution in [0.4, 0.5) is 0 Å². The summed E-state index contributed by atoms with van der Waals surface area (Å²) in [7, 11) is 1.58. The number of hydrogen-bond acceptors (Lipinski definition) is 5. The summed E-state index contributed by atoms with van der Waals surface area (Å²) in [5, 5.41) is 11.4. The maximum absolute atomic E-state index is 13.0. The van der Waals surface area contributed by atoms with Gasteiger partial charge in [0, 0.05) is 25.8 Å². The number of rotatable bonds is 8. The third-order valence-electron chi connectivity index (χ3n) is 5.19. The summed E-state index contributed by atoms with van der Waals surface area (Å²) in [6, 6.07) is 11.7. The molecular formula is C24H26ClNO5. The van der Waals surface area contributed by atoms with Crippen molar-refractivity contribution in [3.63, 3.8) is 0 Å². The number of aliphatic hydroxyl groups is 1. The van der Waals surface area contributed by atoms with Gasteiger partial charge in [-0.2, -0.15) is 0 Å². The van der Waals surface area contributed by atoms with Gasteiger partial charge < -0.3 is 19.5 Å². The zero-order valence-corrected chi connectivity index (χ0v) is 18.6. The van der Waals surface area contributed by atoms with Crippen LogP contribution in [0.5, 0.6) is 5.75 Å². The lowest BCUT2D eigenvalue weighted by Gasteiger charge is -2.25. The lowest BCUT2D eigenvalue weighted by atomic mass is 9.94. The summed E-state index contributed by atoms with van der Waals surface area (Å²) in [5.41, 5.74) is 2.20. The van der Waals surface area contributed by atoms with E-state index in [4.69, 9.17) is 21.1 Å². The molecule has 0 saturated carbocycles. The Hall–Kier alpha value is -2.83. The molecule has 1 atom stereocenters. The van der Waals surface area contributed by atoms with Crippen molar-refractivity contribution >= 4 is 29.1 Å². The first-order valence-electron chi connectivity index (χ1n) is 10.2. The fraction of sp³-hybridized carbons (Fsp3) is 0.333. The second-order valence-electron chi connectivity index (χ2n) is 7.33. The van der Waals surface area contributed by atoms with Crippen LogP contribution in [0.25, 0.3) is 5.76 Å². The van der Waals surface area contributed by atoms with Crippen molar-refractivity contribution in [1.29, 1.82) is 0 Å². The molecule has 0 spiro atoms. The largest absolute Gasteiger partial charge is 0.507 e. The van der Waals surface area contributed by atoms with Crippen LogP contribution in [-0.4, -0.2) is 48.6 Å². The van der Waals surface area contributed by atoms with Gasteiger partial charge in [0.25, 0.3) is 11.7 Å². The van der Waals surface area contributed by atoms with E-state index in [0.717, 1.165) is 11.1 Å². The van der Waals surface area contributed by atoms with E-state index in [0.29, 0.717) is 42.5 Å². The number of nitrogens with zero attached hydrogens (tertiary/aromatic N) is 1. The number of ether oxygens (including phenoxy) is 2. The first kappa shape index (κ1) is 22.8. The molecule has 7 heteroatoms. The third-order valence-corrected chi connectivity index (χ3v) is 5.48. The van der Waals surface area contributed by atoms with Crippen LogP contribution in [0.3, 0.4) is 0 Å². The van der Waals surface area contributed by atoms with Gasteiger partial charge in [0.15, 0.2) is 0 Å². The van der Waals surface area contributed by atoms with Crippen molar-refractivity contribution in [2.75, 3.05) is 26.9 Å². The molecule has 1 N–H and O–H groups in total. The van der Waals surface area contributed by atoms with E-state index in [1.807, 2.05) is 38.1 Å². The minimum Gasteiger partial charge on any atom is -0.507 e. The SMILES string of the molecule is CCOc1ccc(/C(O)=C2/C(=O)C(=O)N(CCCOC)C2c2ccc(C)cc2)cc1Cl. The summed E-state index contributed by atoms with van der Waals surface area (Å²) >= 11 is 6.27. The highest BCUT2D eigenvalue weighted by Gasteiger charge is 2.45. The number of likely N-dealkylation sites (tertiary alicyclic amines) is 1. The maximum Gasteiger partial charge on any atom is 0.295 e. The number of aliphatic hydroxyl groups excluding tert-OH is 1. The molecule has 2 aromatic carbocycles. The van der Waals surface area contributed by atoms with E-state index in [9.17, 15) is 14.7 Å². The van der Waals surface area contributed by atoms with Crippen molar-refractivity contribution in [3.05, 3.63) is 69.8 Å². The second-order valence-corrected chi connectivity index (χ2v) is 7.73. The number of Topliss-reactive ketones (excluding diaryl/α,β-unsaturated/α-hetero) is 1. The molecule has 164 valence electrons.